The molecule has 2 aromatic rings. The number of hydrogen-bond donors (Lipinski definition) is 2. The molecule has 2 rings (SSSR count). The number of rotatable bonds is 5. The van der Waals surface area contributed by atoms with Crippen LogP contribution in [-0.2, 0) is 6.42 Å². The van der Waals surface area contributed by atoms with Crippen molar-refractivity contribution < 1.29 is 9.13 Å². The smallest absolute Gasteiger partial charge is 0.211 e. The summed E-state index contributed by atoms with van der Waals surface area (Å²) in [4.78, 5) is 0. The summed E-state index contributed by atoms with van der Waals surface area (Å²) in [7, 11) is 1.60. The molecular formula is C16H17FN4O. The molecule has 0 fully saturated rings. The number of halogens is 1. The molecule has 0 spiro atoms. The molecule has 0 aliphatic rings. The highest BCUT2D eigenvalue weighted by molar-refractivity contribution is 6.02. The van der Waals surface area contributed by atoms with Gasteiger partial charge in [0.05, 0.1) is 12.8 Å². The van der Waals surface area contributed by atoms with E-state index in [1.54, 1.807) is 19.2 Å². The minimum absolute atomic E-state index is 0.120. The summed E-state index contributed by atoms with van der Waals surface area (Å²) in [6.07, 6.45) is 0.476. The first-order chi connectivity index (χ1) is 10.6. The van der Waals surface area contributed by atoms with E-state index in [0.717, 1.165) is 16.9 Å². The quantitative estimate of drug-likeness (QED) is 0.503. The van der Waals surface area contributed by atoms with E-state index in [4.69, 9.17) is 16.2 Å². The standard InChI is InChI=1S/C16H17FN4O/c1-22-14-8-4-12(5-9-14)15(20-21-16(18)19)10-11-2-6-13(17)7-3-11/h2-9H,10H2,1H3,(H4,18,19,21). The van der Waals surface area contributed by atoms with Gasteiger partial charge in [-0.2, -0.15) is 5.10 Å². The normalized spacial score (nSPS) is 11.1. The Morgan fingerprint density at radius 1 is 1.00 bits per heavy atom. The number of benzene rings is 2. The molecule has 0 aliphatic heterocycles. The monoisotopic (exact) mass is 300 g/mol. The van der Waals surface area contributed by atoms with Crippen molar-refractivity contribution in [1.82, 2.24) is 0 Å². The first-order valence-corrected chi connectivity index (χ1v) is 6.63. The second-order valence-corrected chi connectivity index (χ2v) is 4.60. The molecule has 22 heavy (non-hydrogen) atoms. The van der Waals surface area contributed by atoms with Gasteiger partial charge in [-0.15, -0.1) is 5.10 Å². The van der Waals surface area contributed by atoms with E-state index in [-0.39, 0.29) is 11.8 Å². The number of nitrogens with two attached hydrogens (primary N) is 2. The maximum Gasteiger partial charge on any atom is 0.211 e. The van der Waals surface area contributed by atoms with Crippen LogP contribution in [0.1, 0.15) is 11.1 Å². The van der Waals surface area contributed by atoms with Gasteiger partial charge in [-0.1, -0.05) is 12.1 Å². The Morgan fingerprint density at radius 3 is 2.18 bits per heavy atom. The molecule has 0 saturated heterocycles. The van der Waals surface area contributed by atoms with Crippen LogP contribution in [-0.4, -0.2) is 18.8 Å². The summed E-state index contributed by atoms with van der Waals surface area (Å²) in [5.41, 5.74) is 13.1. The number of ether oxygens (including phenoxy) is 1. The summed E-state index contributed by atoms with van der Waals surface area (Å²) >= 11 is 0. The summed E-state index contributed by atoms with van der Waals surface area (Å²) in [6, 6.07) is 13.6. The molecule has 0 heterocycles. The second kappa shape index (κ2) is 7.21. The number of methoxy groups -OCH3 is 1. The number of guanidine groups is 1. The molecule has 0 saturated carbocycles. The Morgan fingerprint density at radius 2 is 1.64 bits per heavy atom. The zero-order chi connectivity index (χ0) is 15.9. The Hall–Kier alpha value is -2.89. The van der Waals surface area contributed by atoms with E-state index in [0.29, 0.717) is 12.1 Å². The SMILES string of the molecule is COc1ccc(C(Cc2ccc(F)cc2)=NN=C(N)N)cc1. The third-order valence-electron chi connectivity index (χ3n) is 2.99. The van der Waals surface area contributed by atoms with E-state index in [9.17, 15) is 4.39 Å². The van der Waals surface area contributed by atoms with E-state index < -0.39 is 0 Å². The van der Waals surface area contributed by atoms with Gasteiger partial charge in [0, 0.05) is 6.42 Å². The predicted octanol–water partition coefficient (Wildman–Crippen LogP) is 2.05. The Balaban J connectivity index is 2.31. The molecular weight excluding hydrogens is 283 g/mol. The predicted molar refractivity (Wildman–Crippen MR) is 85.4 cm³/mol. The molecule has 5 nitrogen and oxygen atoms in total. The molecule has 2 aromatic carbocycles. The maximum absolute atomic E-state index is 13.0. The van der Waals surface area contributed by atoms with Gasteiger partial charge >= 0.3 is 0 Å². The fraction of sp³-hybridized carbons (Fsp3) is 0.125. The molecule has 0 atom stereocenters. The van der Waals surface area contributed by atoms with Gasteiger partial charge in [0.1, 0.15) is 11.6 Å². The Bertz CT molecular complexity index is 674. The van der Waals surface area contributed by atoms with Crippen molar-refractivity contribution in [1.29, 1.82) is 0 Å². The summed E-state index contributed by atoms with van der Waals surface area (Å²) in [5.74, 6) is 0.341. The third kappa shape index (κ3) is 4.31. The van der Waals surface area contributed by atoms with E-state index in [1.807, 2.05) is 24.3 Å². The van der Waals surface area contributed by atoms with E-state index in [2.05, 4.69) is 10.2 Å². The summed E-state index contributed by atoms with van der Waals surface area (Å²) in [6.45, 7) is 0. The van der Waals surface area contributed by atoms with Gasteiger partial charge in [0.25, 0.3) is 0 Å². The molecule has 0 radical (unpaired) electrons. The second-order valence-electron chi connectivity index (χ2n) is 4.60. The lowest BCUT2D eigenvalue weighted by Crippen LogP contribution is -2.22. The van der Waals surface area contributed by atoms with Gasteiger partial charge in [-0.05, 0) is 47.5 Å². The van der Waals surface area contributed by atoms with Crippen molar-refractivity contribution >= 4 is 11.7 Å². The van der Waals surface area contributed by atoms with Gasteiger partial charge in [0.2, 0.25) is 5.96 Å². The lowest BCUT2D eigenvalue weighted by Gasteiger charge is -2.07. The lowest BCUT2D eigenvalue weighted by molar-refractivity contribution is 0.415. The summed E-state index contributed by atoms with van der Waals surface area (Å²) in [5, 5.41) is 7.80. The Labute approximate surface area is 128 Å². The van der Waals surface area contributed by atoms with Gasteiger partial charge < -0.3 is 16.2 Å². The van der Waals surface area contributed by atoms with Crippen LogP contribution in [0.25, 0.3) is 0 Å². The fourth-order valence-corrected chi connectivity index (χ4v) is 1.89. The van der Waals surface area contributed by atoms with Crippen molar-refractivity contribution in [2.24, 2.45) is 21.7 Å². The molecule has 0 aromatic heterocycles. The van der Waals surface area contributed by atoms with Crippen LogP contribution in [0.5, 0.6) is 5.75 Å². The van der Waals surface area contributed by atoms with Crippen molar-refractivity contribution in [3.63, 3.8) is 0 Å². The largest absolute Gasteiger partial charge is 0.497 e. The van der Waals surface area contributed by atoms with Crippen molar-refractivity contribution in [3.8, 4) is 5.75 Å². The van der Waals surface area contributed by atoms with Crippen molar-refractivity contribution in [3.05, 3.63) is 65.5 Å². The van der Waals surface area contributed by atoms with Gasteiger partial charge in [-0.3, -0.25) is 0 Å². The first kappa shape index (κ1) is 15.5. The van der Waals surface area contributed by atoms with Crippen LogP contribution in [0, 0.1) is 5.82 Å². The first-order valence-electron chi connectivity index (χ1n) is 6.63. The number of hydrogen-bond acceptors (Lipinski definition) is 3. The minimum atomic E-state index is -0.282. The highest BCUT2D eigenvalue weighted by atomic mass is 19.1. The van der Waals surface area contributed by atoms with E-state index >= 15 is 0 Å². The summed E-state index contributed by atoms with van der Waals surface area (Å²) < 4.78 is 18.1. The van der Waals surface area contributed by atoms with Gasteiger partial charge in [0.15, 0.2) is 0 Å². The van der Waals surface area contributed by atoms with Crippen LogP contribution >= 0.6 is 0 Å². The van der Waals surface area contributed by atoms with Crippen LogP contribution < -0.4 is 16.2 Å². The van der Waals surface area contributed by atoms with Gasteiger partial charge in [-0.25, -0.2) is 4.39 Å². The fourth-order valence-electron chi connectivity index (χ4n) is 1.89. The average molecular weight is 300 g/mol. The van der Waals surface area contributed by atoms with E-state index in [1.165, 1.54) is 12.1 Å². The molecule has 0 amide bonds. The molecule has 4 N–H and O–H groups in total. The average Bonchev–Trinajstić information content (AvgIpc) is 2.53. The molecule has 6 heteroatoms. The highest BCUT2D eigenvalue weighted by Crippen LogP contribution is 2.15. The maximum atomic E-state index is 13.0. The highest BCUT2D eigenvalue weighted by Gasteiger charge is 2.06. The zero-order valence-electron chi connectivity index (χ0n) is 12.2. The topological polar surface area (TPSA) is 86.0 Å². The minimum Gasteiger partial charge on any atom is -0.497 e. The molecule has 0 aliphatic carbocycles. The zero-order valence-corrected chi connectivity index (χ0v) is 12.2. The van der Waals surface area contributed by atoms with Crippen LogP contribution in [0.2, 0.25) is 0 Å². The molecule has 114 valence electrons. The van der Waals surface area contributed by atoms with Crippen molar-refractivity contribution in [2.45, 2.75) is 6.42 Å². The Kier molecular flexibility index (Phi) is 5.08. The lowest BCUT2D eigenvalue weighted by atomic mass is 10.0. The van der Waals surface area contributed by atoms with Crippen LogP contribution in [0.4, 0.5) is 4.39 Å². The molecule has 0 unspecified atom stereocenters. The van der Waals surface area contributed by atoms with Crippen LogP contribution in [0.3, 0.4) is 0 Å². The van der Waals surface area contributed by atoms with Crippen LogP contribution in [0.15, 0.2) is 58.7 Å². The molecule has 0 bridgehead atoms. The number of nitrogens with zero attached hydrogens (tertiary/aromatic N) is 2. The third-order valence-corrected chi connectivity index (χ3v) is 2.99. The van der Waals surface area contributed by atoms with Crippen molar-refractivity contribution in [2.75, 3.05) is 7.11 Å².